The Morgan fingerprint density at radius 3 is 2.76 bits per heavy atom. The van der Waals surface area contributed by atoms with Crippen molar-refractivity contribution in [1.29, 1.82) is 0 Å². The lowest BCUT2D eigenvalue weighted by Gasteiger charge is -2.12. The number of hydrogen-bond donors (Lipinski definition) is 1. The van der Waals surface area contributed by atoms with Crippen LogP contribution in [0.15, 0.2) is 30.5 Å². The zero-order valence-corrected chi connectivity index (χ0v) is 10.2. The van der Waals surface area contributed by atoms with Crippen molar-refractivity contribution in [3.05, 3.63) is 42.0 Å². The van der Waals surface area contributed by atoms with E-state index in [1.165, 1.54) is 12.1 Å². The number of aryl methyl sites for hydroxylation is 1. The molecule has 0 saturated heterocycles. The fourth-order valence-electron chi connectivity index (χ4n) is 1.70. The summed E-state index contributed by atoms with van der Waals surface area (Å²) in [5, 5.41) is 3.13. The van der Waals surface area contributed by atoms with E-state index >= 15 is 0 Å². The molecule has 4 heteroatoms. The molecule has 2 rings (SSSR count). The first-order valence-electron chi connectivity index (χ1n) is 5.64. The van der Waals surface area contributed by atoms with Crippen LogP contribution in [0.2, 0.25) is 0 Å². The van der Waals surface area contributed by atoms with E-state index in [9.17, 15) is 4.39 Å². The second-order valence-electron chi connectivity index (χ2n) is 4.34. The van der Waals surface area contributed by atoms with Gasteiger partial charge in [0, 0.05) is 17.9 Å². The first-order valence-corrected chi connectivity index (χ1v) is 5.64. The van der Waals surface area contributed by atoms with Gasteiger partial charge in [-0.2, -0.15) is 0 Å². The second-order valence-corrected chi connectivity index (χ2v) is 4.34. The highest BCUT2D eigenvalue weighted by Gasteiger charge is 2.08. The number of imidazole rings is 1. The van der Waals surface area contributed by atoms with Gasteiger partial charge in [-0.3, -0.25) is 0 Å². The minimum absolute atomic E-state index is 0.255. The molecule has 3 nitrogen and oxygen atoms in total. The minimum atomic E-state index is -0.255. The molecular formula is C13H16FN3. The summed E-state index contributed by atoms with van der Waals surface area (Å²) in [6, 6.07) is 6.68. The van der Waals surface area contributed by atoms with Gasteiger partial charge in [0.25, 0.3) is 0 Å². The number of benzene rings is 1. The number of aromatic nitrogens is 2. The topological polar surface area (TPSA) is 29.9 Å². The molecule has 0 bridgehead atoms. The average Bonchev–Trinajstić information content (AvgIpc) is 2.59. The van der Waals surface area contributed by atoms with Crippen molar-refractivity contribution in [2.75, 3.05) is 5.32 Å². The number of hydrogen-bond acceptors (Lipinski definition) is 2. The van der Waals surface area contributed by atoms with E-state index in [-0.39, 0.29) is 5.82 Å². The van der Waals surface area contributed by atoms with Crippen molar-refractivity contribution in [3.8, 4) is 0 Å². The number of anilines is 2. The van der Waals surface area contributed by atoms with Crippen molar-refractivity contribution in [2.24, 2.45) is 0 Å². The van der Waals surface area contributed by atoms with Gasteiger partial charge in [0.2, 0.25) is 5.95 Å². The highest BCUT2D eigenvalue weighted by molar-refractivity contribution is 5.53. The lowest BCUT2D eigenvalue weighted by molar-refractivity contribution is 0.607. The van der Waals surface area contributed by atoms with Crippen LogP contribution in [0.5, 0.6) is 0 Å². The minimum Gasteiger partial charge on any atom is -0.325 e. The molecule has 0 spiro atoms. The Bertz CT molecular complexity index is 517. The first-order chi connectivity index (χ1) is 8.06. The molecule has 0 atom stereocenters. The van der Waals surface area contributed by atoms with Gasteiger partial charge in [-0.25, -0.2) is 9.37 Å². The maximum Gasteiger partial charge on any atom is 0.207 e. The summed E-state index contributed by atoms with van der Waals surface area (Å²) in [5.74, 6) is 0.484. The van der Waals surface area contributed by atoms with E-state index in [0.717, 1.165) is 11.6 Å². The summed E-state index contributed by atoms with van der Waals surface area (Å²) >= 11 is 0. The molecule has 90 valence electrons. The molecule has 1 heterocycles. The number of rotatable bonds is 3. The summed E-state index contributed by atoms with van der Waals surface area (Å²) in [5.41, 5.74) is 1.65. The van der Waals surface area contributed by atoms with Crippen LogP contribution in [0.25, 0.3) is 0 Å². The van der Waals surface area contributed by atoms with Crippen LogP contribution < -0.4 is 5.32 Å². The van der Waals surface area contributed by atoms with Crippen LogP contribution in [0.1, 0.15) is 25.6 Å². The summed E-state index contributed by atoms with van der Waals surface area (Å²) in [6.45, 7) is 6.10. The average molecular weight is 233 g/mol. The van der Waals surface area contributed by atoms with Crippen LogP contribution in [-0.4, -0.2) is 9.55 Å². The van der Waals surface area contributed by atoms with Crippen molar-refractivity contribution in [3.63, 3.8) is 0 Å². The number of halogens is 1. The van der Waals surface area contributed by atoms with E-state index in [0.29, 0.717) is 11.7 Å². The van der Waals surface area contributed by atoms with Crippen LogP contribution in [0, 0.1) is 12.7 Å². The molecule has 0 saturated carbocycles. The first kappa shape index (κ1) is 11.6. The fourth-order valence-corrected chi connectivity index (χ4v) is 1.70. The third-order valence-corrected chi connectivity index (χ3v) is 2.49. The molecule has 1 aromatic carbocycles. The molecule has 0 aliphatic carbocycles. The molecule has 0 fully saturated rings. The van der Waals surface area contributed by atoms with Crippen LogP contribution in [-0.2, 0) is 0 Å². The summed E-state index contributed by atoms with van der Waals surface area (Å²) in [7, 11) is 0. The maximum absolute atomic E-state index is 13.1. The predicted octanol–water partition coefficient (Wildman–Crippen LogP) is 3.66. The maximum atomic E-state index is 13.1. The van der Waals surface area contributed by atoms with Crippen molar-refractivity contribution < 1.29 is 4.39 Å². The molecule has 1 N–H and O–H groups in total. The molecule has 1 aromatic heterocycles. The lowest BCUT2D eigenvalue weighted by Crippen LogP contribution is -2.05. The highest BCUT2D eigenvalue weighted by atomic mass is 19.1. The predicted molar refractivity (Wildman–Crippen MR) is 67.0 cm³/mol. The van der Waals surface area contributed by atoms with Crippen molar-refractivity contribution in [1.82, 2.24) is 9.55 Å². The van der Waals surface area contributed by atoms with Gasteiger partial charge >= 0.3 is 0 Å². The molecule has 0 radical (unpaired) electrons. The van der Waals surface area contributed by atoms with Crippen LogP contribution in [0.3, 0.4) is 0 Å². The smallest absolute Gasteiger partial charge is 0.207 e. The van der Waals surface area contributed by atoms with Gasteiger partial charge < -0.3 is 9.88 Å². The van der Waals surface area contributed by atoms with Gasteiger partial charge in [0.05, 0.1) is 5.69 Å². The Kier molecular flexibility index (Phi) is 3.13. The standard InChI is InChI=1S/C13H16FN3/c1-9(2)17-8-10(3)15-13(17)16-12-6-4-5-11(14)7-12/h4-9H,1-3H3,(H,15,16). The SMILES string of the molecule is Cc1cn(C(C)C)c(Nc2cccc(F)c2)n1. The van der Waals surface area contributed by atoms with Crippen molar-refractivity contribution in [2.45, 2.75) is 26.8 Å². The zero-order chi connectivity index (χ0) is 12.4. The van der Waals surface area contributed by atoms with Gasteiger partial charge in [0.15, 0.2) is 0 Å². The van der Waals surface area contributed by atoms with Gasteiger partial charge in [-0.05, 0) is 39.0 Å². The molecule has 0 aliphatic heterocycles. The summed E-state index contributed by atoms with van der Waals surface area (Å²) in [6.07, 6.45) is 1.98. The molecule has 0 unspecified atom stereocenters. The Morgan fingerprint density at radius 1 is 1.35 bits per heavy atom. The molecular weight excluding hydrogens is 217 g/mol. The quantitative estimate of drug-likeness (QED) is 0.876. The third-order valence-electron chi connectivity index (χ3n) is 2.49. The molecule has 2 aromatic rings. The third kappa shape index (κ3) is 2.64. The Morgan fingerprint density at radius 2 is 2.12 bits per heavy atom. The summed E-state index contributed by atoms with van der Waals surface area (Å²) in [4.78, 5) is 4.39. The normalized spacial score (nSPS) is 10.9. The van der Waals surface area contributed by atoms with Gasteiger partial charge in [-0.15, -0.1) is 0 Å². The summed E-state index contributed by atoms with van der Waals surface area (Å²) < 4.78 is 15.1. The Labute approximate surface area is 100 Å². The highest BCUT2D eigenvalue weighted by Crippen LogP contribution is 2.20. The second kappa shape index (κ2) is 4.57. The number of nitrogens with zero attached hydrogens (tertiary/aromatic N) is 2. The largest absolute Gasteiger partial charge is 0.325 e. The van der Waals surface area contributed by atoms with E-state index in [4.69, 9.17) is 0 Å². The Balaban J connectivity index is 2.29. The van der Waals surface area contributed by atoms with E-state index in [1.807, 2.05) is 23.8 Å². The lowest BCUT2D eigenvalue weighted by atomic mass is 10.3. The van der Waals surface area contributed by atoms with Gasteiger partial charge in [-0.1, -0.05) is 6.07 Å². The van der Waals surface area contributed by atoms with Crippen LogP contribution >= 0.6 is 0 Å². The van der Waals surface area contributed by atoms with E-state index < -0.39 is 0 Å². The Hall–Kier alpha value is -1.84. The van der Waals surface area contributed by atoms with E-state index in [2.05, 4.69) is 24.1 Å². The monoisotopic (exact) mass is 233 g/mol. The van der Waals surface area contributed by atoms with Gasteiger partial charge in [0.1, 0.15) is 5.82 Å². The van der Waals surface area contributed by atoms with Crippen molar-refractivity contribution >= 4 is 11.6 Å². The number of nitrogens with one attached hydrogen (secondary N) is 1. The molecule has 17 heavy (non-hydrogen) atoms. The fraction of sp³-hybridized carbons (Fsp3) is 0.308. The molecule has 0 amide bonds. The van der Waals surface area contributed by atoms with Crippen LogP contribution in [0.4, 0.5) is 16.0 Å². The van der Waals surface area contributed by atoms with E-state index in [1.54, 1.807) is 6.07 Å². The zero-order valence-electron chi connectivity index (χ0n) is 10.2. The molecule has 0 aliphatic rings.